The van der Waals surface area contributed by atoms with Crippen molar-refractivity contribution in [3.63, 3.8) is 0 Å². The predicted octanol–water partition coefficient (Wildman–Crippen LogP) is 4.93. The molecular formula is C25H25N5O2S. The zero-order valence-electron chi connectivity index (χ0n) is 18.6. The summed E-state index contributed by atoms with van der Waals surface area (Å²) < 4.78 is 6.33. The van der Waals surface area contributed by atoms with Crippen LogP contribution in [-0.2, 0) is 4.79 Å². The van der Waals surface area contributed by atoms with E-state index in [0.29, 0.717) is 5.13 Å². The Labute approximate surface area is 196 Å². The highest BCUT2D eigenvalue weighted by molar-refractivity contribution is 7.22. The SMILES string of the molecule is COc1ccc(-c2cc(N3CCC(C(=O)Nc4nc5c(C)cccc5s4)CC3)ncn2)cc1. The van der Waals surface area contributed by atoms with Crippen LogP contribution >= 0.6 is 11.3 Å². The van der Waals surface area contributed by atoms with Crippen molar-refractivity contribution < 1.29 is 9.53 Å². The second-order valence-electron chi connectivity index (χ2n) is 8.18. The van der Waals surface area contributed by atoms with Crippen molar-refractivity contribution in [3.8, 4) is 17.0 Å². The highest BCUT2D eigenvalue weighted by atomic mass is 32.1. The van der Waals surface area contributed by atoms with E-state index in [9.17, 15) is 4.79 Å². The molecule has 1 aliphatic heterocycles. The first-order chi connectivity index (χ1) is 16.1. The zero-order chi connectivity index (χ0) is 22.8. The molecule has 3 heterocycles. The minimum Gasteiger partial charge on any atom is -0.497 e. The van der Waals surface area contributed by atoms with Crippen LogP contribution in [0, 0.1) is 12.8 Å². The third kappa shape index (κ3) is 4.52. The van der Waals surface area contributed by atoms with Crippen LogP contribution < -0.4 is 15.0 Å². The predicted molar refractivity (Wildman–Crippen MR) is 132 cm³/mol. The first-order valence-corrected chi connectivity index (χ1v) is 11.8. The molecule has 7 nitrogen and oxygen atoms in total. The number of methoxy groups -OCH3 is 1. The molecule has 1 N–H and O–H groups in total. The molecule has 0 bridgehead atoms. The highest BCUT2D eigenvalue weighted by Gasteiger charge is 2.26. The van der Waals surface area contributed by atoms with E-state index in [2.05, 4.69) is 25.2 Å². The van der Waals surface area contributed by atoms with Gasteiger partial charge in [0.2, 0.25) is 5.91 Å². The second kappa shape index (κ2) is 9.15. The maximum absolute atomic E-state index is 12.9. The number of hydrogen-bond acceptors (Lipinski definition) is 7. The van der Waals surface area contributed by atoms with Crippen LogP contribution in [0.5, 0.6) is 5.75 Å². The van der Waals surface area contributed by atoms with Crippen LogP contribution in [0.1, 0.15) is 18.4 Å². The Morgan fingerprint density at radius 1 is 1.12 bits per heavy atom. The molecular weight excluding hydrogens is 434 g/mol. The molecule has 1 amide bonds. The number of nitrogens with one attached hydrogen (secondary N) is 1. The van der Waals surface area contributed by atoms with E-state index >= 15 is 0 Å². The monoisotopic (exact) mass is 459 g/mol. The molecule has 0 aliphatic carbocycles. The number of anilines is 2. The summed E-state index contributed by atoms with van der Waals surface area (Å²) in [5.74, 6) is 1.72. The van der Waals surface area contributed by atoms with Gasteiger partial charge in [0.25, 0.3) is 0 Å². The minimum absolute atomic E-state index is 0.0303. The molecule has 0 radical (unpaired) electrons. The summed E-state index contributed by atoms with van der Waals surface area (Å²) in [6, 6.07) is 15.9. The van der Waals surface area contributed by atoms with Gasteiger partial charge < -0.3 is 15.0 Å². The topological polar surface area (TPSA) is 80.2 Å². The Hall–Kier alpha value is -3.52. The van der Waals surface area contributed by atoms with E-state index in [1.807, 2.05) is 55.5 Å². The number of nitrogens with zero attached hydrogens (tertiary/aromatic N) is 4. The molecule has 1 fully saturated rings. The summed E-state index contributed by atoms with van der Waals surface area (Å²) in [6.45, 7) is 3.59. The molecule has 2 aromatic heterocycles. The Balaban J connectivity index is 1.22. The lowest BCUT2D eigenvalue weighted by molar-refractivity contribution is -0.120. The van der Waals surface area contributed by atoms with Crippen molar-refractivity contribution in [1.29, 1.82) is 0 Å². The highest BCUT2D eigenvalue weighted by Crippen LogP contribution is 2.30. The van der Waals surface area contributed by atoms with Crippen molar-refractivity contribution in [1.82, 2.24) is 15.0 Å². The largest absolute Gasteiger partial charge is 0.497 e. The number of thiazole rings is 1. The van der Waals surface area contributed by atoms with Crippen molar-refractivity contribution in [2.45, 2.75) is 19.8 Å². The number of ether oxygens (including phenoxy) is 1. The van der Waals surface area contributed by atoms with Gasteiger partial charge in [0, 0.05) is 30.6 Å². The summed E-state index contributed by atoms with van der Waals surface area (Å²) in [7, 11) is 1.65. The molecule has 0 saturated carbocycles. The molecule has 4 aromatic rings. The fourth-order valence-corrected chi connectivity index (χ4v) is 5.10. The number of fused-ring (bicyclic) bond motifs is 1. The fraction of sp³-hybridized carbons (Fsp3) is 0.280. The van der Waals surface area contributed by atoms with Gasteiger partial charge in [0.05, 0.1) is 23.0 Å². The zero-order valence-corrected chi connectivity index (χ0v) is 19.4. The van der Waals surface area contributed by atoms with Crippen LogP contribution in [0.4, 0.5) is 10.9 Å². The first-order valence-electron chi connectivity index (χ1n) is 11.0. The average molecular weight is 460 g/mol. The smallest absolute Gasteiger partial charge is 0.229 e. The summed E-state index contributed by atoms with van der Waals surface area (Å²) in [6.07, 6.45) is 3.15. The summed E-state index contributed by atoms with van der Waals surface area (Å²) in [5.41, 5.74) is 3.97. The maximum Gasteiger partial charge on any atom is 0.229 e. The van der Waals surface area contributed by atoms with Crippen LogP contribution in [0.2, 0.25) is 0 Å². The van der Waals surface area contributed by atoms with E-state index in [-0.39, 0.29) is 11.8 Å². The minimum atomic E-state index is -0.0303. The number of benzene rings is 2. The van der Waals surface area contributed by atoms with E-state index in [1.54, 1.807) is 13.4 Å². The molecule has 0 unspecified atom stereocenters. The number of para-hydroxylation sites is 1. The van der Waals surface area contributed by atoms with Gasteiger partial charge in [-0.05, 0) is 55.7 Å². The van der Waals surface area contributed by atoms with Crippen molar-refractivity contribution >= 4 is 38.4 Å². The second-order valence-corrected chi connectivity index (χ2v) is 9.21. The number of carbonyl (C=O) groups is 1. The number of hydrogen-bond donors (Lipinski definition) is 1. The van der Waals surface area contributed by atoms with Crippen LogP contribution in [0.3, 0.4) is 0 Å². The molecule has 1 saturated heterocycles. The summed E-state index contributed by atoms with van der Waals surface area (Å²) in [5, 5.41) is 3.71. The van der Waals surface area contributed by atoms with Gasteiger partial charge in [-0.15, -0.1) is 0 Å². The van der Waals surface area contributed by atoms with Crippen LogP contribution in [0.25, 0.3) is 21.5 Å². The summed E-state index contributed by atoms with van der Waals surface area (Å²) in [4.78, 5) is 28.6. The maximum atomic E-state index is 12.9. The van der Waals surface area contributed by atoms with E-state index in [4.69, 9.17) is 4.74 Å². The molecule has 33 heavy (non-hydrogen) atoms. The van der Waals surface area contributed by atoms with Crippen molar-refractivity contribution in [2.75, 3.05) is 30.4 Å². The molecule has 0 spiro atoms. The molecule has 0 atom stereocenters. The molecule has 1 aliphatic rings. The number of rotatable bonds is 5. The lowest BCUT2D eigenvalue weighted by Crippen LogP contribution is -2.38. The third-order valence-corrected chi connectivity index (χ3v) is 7.02. The van der Waals surface area contributed by atoms with Gasteiger partial charge in [-0.1, -0.05) is 23.5 Å². The van der Waals surface area contributed by atoms with Gasteiger partial charge in [-0.3, -0.25) is 4.79 Å². The van der Waals surface area contributed by atoms with Gasteiger partial charge in [0.15, 0.2) is 5.13 Å². The van der Waals surface area contributed by atoms with Crippen molar-refractivity contribution in [2.24, 2.45) is 5.92 Å². The number of aromatic nitrogens is 3. The van der Waals surface area contributed by atoms with Crippen molar-refractivity contribution in [3.05, 3.63) is 60.4 Å². The average Bonchev–Trinajstić information content (AvgIpc) is 3.28. The number of piperidine rings is 1. The Morgan fingerprint density at radius 3 is 2.64 bits per heavy atom. The summed E-state index contributed by atoms with van der Waals surface area (Å²) >= 11 is 1.52. The molecule has 8 heteroatoms. The fourth-order valence-electron chi connectivity index (χ4n) is 4.16. The normalized spacial score (nSPS) is 14.4. The quantitative estimate of drug-likeness (QED) is 0.456. The van der Waals surface area contributed by atoms with E-state index < -0.39 is 0 Å². The Kier molecular flexibility index (Phi) is 5.92. The van der Waals surface area contributed by atoms with Gasteiger partial charge in [-0.25, -0.2) is 15.0 Å². The molecule has 2 aromatic carbocycles. The van der Waals surface area contributed by atoms with Crippen LogP contribution in [-0.4, -0.2) is 41.1 Å². The van der Waals surface area contributed by atoms with E-state index in [1.165, 1.54) is 11.3 Å². The number of amides is 1. The lowest BCUT2D eigenvalue weighted by Gasteiger charge is -2.32. The number of carbonyl (C=O) groups excluding carboxylic acids is 1. The van der Waals surface area contributed by atoms with Gasteiger partial charge >= 0.3 is 0 Å². The van der Waals surface area contributed by atoms with Gasteiger partial charge in [0.1, 0.15) is 17.9 Å². The standard InChI is InChI=1S/C25H25N5O2S/c1-16-4-3-5-21-23(16)28-25(33-21)29-24(31)18-10-12-30(13-11-18)22-14-20(26-15-27-22)17-6-8-19(32-2)9-7-17/h3-9,14-15,18H,10-13H2,1-2H3,(H,28,29,31). The van der Waals surface area contributed by atoms with Gasteiger partial charge in [-0.2, -0.15) is 0 Å². The third-order valence-electron chi connectivity index (χ3n) is 6.08. The van der Waals surface area contributed by atoms with E-state index in [0.717, 1.165) is 64.5 Å². The Morgan fingerprint density at radius 2 is 1.91 bits per heavy atom. The molecule has 168 valence electrons. The molecule has 5 rings (SSSR count). The van der Waals surface area contributed by atoms with Crippen LogP contribution in [0.15, 0.2) is 54.9 Å². The first kappa shape index (κ1) is 21.3. The Bertz CT molecular complexity index is 1280. The number of aryl methyl sites for hydroxylation is 1. The lowest BCUT2D eigenvalue weighted by atomic mass is 9.96.